The zero-order chi connectivity index (χ0) is 38.1. The van der Waals surface area contributed by atoms with Gasteiger partial charge in [-0.1, -0.05) is 167 Å². The molecule has 0 spiro atoms. The molecule has 1 amide bonds. The van der Waals surface area contributed by atoms with Gasteiger partial charge in [0.05, 0.1) is 25.4 Å². The normalized spacial score (nSPS) is 21.9. The smallest absolute Gasteiger partial charge is 0.220 e. The molecule has 1 saturated heterocycles. The molecule has 1 fully saturated rings. The average Bonchev–Trinajstić information content (AvgIpc) is 3.14. The van der Waals surface area contributed by atoms with Crippen molar-refractivity contribution in [2.24, 2.45) is 0 Å². The Morgan fingerprint density at radius 1 is 0.635 bits per heavy atom. The van der Waals surface area contributed by atoms with Crippen LogP contribution in [0.15, 0.2) is 12.2 Å². The maximum absolute atomic E-state index is 12.9. The third-order valence-electron chi connectivity index (χ3n) is 10.6. The fourth-order valence-corrected chi connectivity index (χ4v) is 7.04. The van der Waals surface area contributed by atoms with Crippen molar-refractivity contribution in [2.45, 2.75) is 243 Å². The highest BCUT2D eigenvalue weighted by Gasteiger charge is 2.44. The number of amides is 1. The molecular formula is C43H83NO8. The van der Waals surface area contributed by atoms with Gasteiger partial charge in [-0.25, -0.2) is 0 Å². The maximum Gasteiger partial charge on any atom is 0.220 e. The number of allylic oxidation sites excluding steroid dienone is 2. The lowest BCUT2D eigenvalue weighted by Crippen LogP contribution is -2.60. The van der Waals surface area contributed by atoms with Crippen molar-refractivity contribution in [1.29, 1.82) is 0 Å². The van der Waals surface area contributed by atoms with E-state index in [-0.39, 0.29) is 12.5 Å². The third-order valence-corrected chi connectivity index (χ3v) is 10.6. The molecule has 52 heavy (non-hydrogen) atoms. The van der Waals surface area contributed by atoms with E-state index in [1.807, 2.05) is 0 Å². The molecular weight excluding hydrogens is 658 g/mol. The van der Waals surface area contributed by atoms with E-state index in [2.05, 4.69) is 31.3 Å². The number of hydrogen-bond donors (Lipinski definition) is 6. The molecule has 308 valence electrons. The fraction of sp³-hybridized carbons (Fsp3) is 0.930. The minimum Gasteiger partial charge on any atom is -0.394 e. The molecule has 0 saturated carbocycles. The second-order valence-electron chi connectivity index (χ2n) is 15.5. The van der Waals surface area contributed by atoms with Gasteiger partial charge in [-0.15, -0.1) is 0 Å². The van der Waals surface area contributed by atoms with Crippen LogP contribution in [0.3, 0.4) is 0 Å². The van der Waals surface area contributed by atoms with E-state index in [1.165, 1.54) is 128 Å². The molecule has 2 unspecified atom stereocenters. The Kier molecular flexibility index (Phi) is 32.4. The first kappa shape index (κ1) is 48.9. The minimum atomic E-state index is -1.55. The Bertz CT molecular complexity index is 827. The SMILES string of the molecule is CCCCCCCCCCCC/C=C/CCCC[C@@H](O)[C@H](CO[C@@H]1O[C@H](CO)[C@@H](O)C(O)C1O)NC(=O)CCCCCCCCCCCCCCC. The summed E-state index contributed by atoms with van der Waals surface area (Å²) >= 11 is 0. The van der Waals surface area contributed by atoms with Gasteiger partial charge < -0.3 is 40.3 Å². The van der Waals surface area contributed by atoms with Gasteiger partial charge in [0, 0.05) is 6.42 Å². The minimum absolute atomic E-state index is 0.146. The fourth-order valence-electron chi connectivity index (χ4n) is 7.04. The van der Waals surface area contributed by atoms with Crippen LogP contribution in [0.2, 0.25) is 0 Å². The first-order valence-electron chi connectivity index (χ1n) is 21.9. The number of carbonyl (C=O) groups excluding carboxylic acids is 1. The Labute approximate surface area is 318 Å². The summed E-state index contributed by atoms with van der Waals surface area (Å²) in [5, 5.41) is 54.2. The van der Waals surface area contributed by atoms with Crippen LogP contribution in [0, 0.1) is 0 Å². The average molecular weight is 742 g/mol. The molecule has 0 aromatic rings. The first-order valence-corrected chi connectivity index (χ1v) is 21.9. The van der Waals surface area contributed by atoms with Crippen LogP contribution >= 0.6 is 0 Å². The highest BCUT2D eigenvalue weighted by molar-refractivity contribution is 5.76. The summed E-state index contributed by atoms with van der Waals surface area (Å²) in [6.07, 6.45) is 30.7. The number of nitrogens with one attached hydrogen (secondary N) is 1. The van der Waals surface area contributed by atoms with E-state index in [4.69, 9.17) is 9.47 Å². The summed E-state index contributed by atoms with van der Waals surface area (Å²) in [7, 11) is 0. The van der Waals surface area contributed by atoms with E-state index >= 15 is 0 Å². The van der Waals surface area contributed by atoms with E-state index in [1.54, 1.807) is 0 Å². The van der Waals surface area contributed by atoms with Crippen LogP contribution in [-0.2, 0) is 14.3 Å². The quantitative estimate of drug-likeness (QED) is 0.0277. The van der Waals surface area contributed by atoms with Crippen LogP contribution in [-0.4, -0.2) is 87.5 Å². The molecule has 1 heterocycles. The van der Waals surface area contributed by atoms with E-state index < -0.39 is 49.5 Å². The van der Waals surface area contributed by atoms with E-state index in [0.717, 1.165) is 44.9 Å². The second kappa shape index (κ2) is 34.4. The van der Waals surface area contributed by atoms with Gasteiger partial charge in [0.1, 0.15) is 24.4 Å². The number of carbonyl (C=O) groups is 1. The van der Waals surface area contributed by atoms with Crippen molar-refractivity contribution in [3.8, 4) is 0 Å². The Morgan fingerprint density at radius 2 is 1.08 bits per heavy atom. The van der Waals surface area contributed by atoms with Crippen molar-refractivity contribution in [1.82, 2.24) is 5.32 Å². The maximum atomic E-state index is 12.9. The van der Waals surface area contributed by atoms with Gasteiger partial charge in [-0.05, 0) is 38.5 Å². The summed E-state index contributed by atoms with van der Waals surface area (Å²) in [6.45, 7) is 3.81. The van der Waals surface area contributed by atoms with Crippen molar-refractivity contribution in [2.75, 3.05) is 13.2 Å². The molecule has 0 aromatic carbocycles. The largest absolute Gasteiger partial charge is 0.394 e. The number of unbranched alkanes of at least 4 members (excludes halogenated alkanes) is 24. The predicted molar refractivity (Wildman–Crippen MR) is 212 cm³/mol. The Balaban J connectivity index is 2.38. The number of ether oxygens (including phenoxy) is 2. The van der Waals surface area contributed by atoms with E-state index in [0.29, 0.717) is 12.8 Å². The monoisotopic (exact) mass is 742 g/mol. The lowest BCUT2D eigenvalue weighted by atomic mass is 9.99. The van der Waals surface area contributed by atoms with Gasteiger partial charge in [-0.3, -0.25) is 4.79 Å². The standard InChI is InChI=1S/C43H83NO8/c1-3-5-7-9-11-13-15-17-18-19-21-22-24-26-28-30-32-37(46)36(35-51-43-42(50)41(49)40(48)38(34-45)52-43)44-39(47)33-31-29-27-25-23-20-16-14-12-10-8-6-4-2/h22,24,36-38,40-43,45-46,48-50H,3-21,23,25-35H2,1-2H3,(H,44,47)/b24-22+/t36-,37+,38+,40+,41?,42?,43+/m0/s1. The highest BCUT2D eigenvalue weighted by atomic mass is 16.7. The third kappa shape index (κ3) is 25.1. The summed E-state index contributed by atoms with van der Waals surface area (Å²) in [5.74, 6) is -0.153. The molecule has 7 atom stereocenters. The first-order chi connectivity index (χ1) is 25.3. The predicted octanol–water partition coefficient (Wildman–Crippen LogP) is 8.56. The molecule has 0 bridgehead atoms. The van der Waals surface area contributed by atoms with Crippen molar-refractivity contribution >= 4 is 5.91 Å². The zero-order valence-corrected chi connectivity index (χ0v) is 33.6. The summed E-state index contributed by atoms with van der Waals surface area (Å²) < 4.78 is 11.2. The topological polar surface area (TPSA) is 149 Å². The molecule has 1 aliphatic rings. The number of aliphatic hydroxyl groups is 5. The van der Waals surface area contributed by atoms with E-state index in [9.17, 15) is 30.3 Å². The van der Waals surface area contributed by atoms with Crippen LogP contribution < -0.4 is 5.32 Å². The molecule has 6 N–H and O–H groups in total. The summed E-state index contributed by atoms with van der Waals surface area (Å²) in [4.78, 5) is 12.9. The van der Waals surface area contributed by atoms with Gasteiger partial charge in [0.25, 0.3) is 0 Å². The molecule has 0 aliphatic carbocycles. The Hall–Kier alpha value is -1.07. The highest BCUT2D eigenvalue weighted by Crippen LogP contribution is 2.23. The zero-order valence-electron chi connectivity index (χ0n) is 33.6. The number of rotatable bonds is 36. The van der Waals surface area contributed by atoms with Crippen molar-refractivity contribution in [3.05, 3.63) is 12.2 Å². The van der Waals surface area contributed by atoms with Crippen molar-refractivity contribution in [3.63, 3.8) is 0 Å². The lowest BCUT2D eigenvalue weighted by Gasteiger charge is -2.40. The number of hydrogen-bond acceptors (Lipinski definition) is 8. The van der Waals surface area contributed by atoms with Gasteiger partial charge >= 0.3 is 0 Å². The lowest BCUT2D eigenvalue weighted by molar-refractivity contribution is -0.302. The molecule has 9 nitrogen and oxygen atoms in total. The van der Waals surface area contributed by atoms with Crippen LogP contribution in [0.4, 0.5) is 0 Å². The Morgan fingerprint density at radius 3 is 1.56 bits per heavy atom. The van der Waals surface area contributed by atoms with Gasteiger partial charge in [0.15, 0.2) is 6.29 Å². The van der Waals surface area contributed by atoms with Crippen LogP contribution in [0.25, 0.3) is 0 Å². The van der Waals surface area contributed by atoms with Crippen LogP contribution in [0.5, 0.6) is 0 Å². The molecule has 9 heteroatoms. The molecule has 1 rings (SSSR count). The second-order valence-corrected chi connectivity index (χ2v) is 15.5. The molecule has 0 radical (unpaired) electrons. The van der Waals surface area contributed by atoms with Gasteiger partial charge in [0.2, 0.25) is 5.91 Å². The molecule has 0 aromatic heterocycles. The van der Waals surface area contributed by atoms with Crippen molar-refractivity contribution < 1.29 is 39.8 Å². The van der Waals surface area contributed by atoms with Gasteiger partial charge in [-0.2, -0.15) is 0 Å². The van der Waals surface area contributed by atoms with Crippen LogP contribution in [0.1, 0.15) is 200 Å². The number of aliphatic hydroxyl groups excluding tert-OH is 5. The molecule has 1 aliphatic heterocycles. The summed E-state index contributed by atoms with van der Waals surface area (Å²) in [5.41, 5.74) is 0. The summed E-state index contributed by atoms with van der Waals surface area (Å²) in [6, 6.07) is -0.728.